The highest BCUT2D eigenvalue weighted by Crippen LogP contribution is 2.30. The van der Waals surface area contributed by atoms with Gasteiger partial charge in [0.05, 0.1) is 6.20 Å². The molecule has 0 radical (unpaired) electrons. The van der Waals surface area contributed by atoms with Crippen LogP contribution in [0.25, 0.3) is 0 Å². The Morgan fingerprint density at radius 1 is 1.23 bits per heavy atom. The van der Waals surface area contributed by atoms with E-state index in [1.807, 2.05) is 13.1 Å². The Hall–Kier alpha value is -0.790. The minimum absolute atomic E-state index is 0.594. The van der Waals surface area contributed by atoms with Crippen LogP contribution in [0.2, 0.25) is 0 Å². The maximum Gasteiger partial charge on any atom is 0.197 e. The van der Waals surface area contributed by atoms with E-state index >= 15 is 0 Å². The topological polar surface area (TPSA) is 26.0 Å². The summed E-state index contributed by atoms with van der Waals surface area (Å²) in [6.45, 7) is 1.97. The summed E-state index contributed by atoms with van der Waals surface area (Å²) in [7, 11) is 0. The molecule has 1 aromatic heterocycles. The van der Waals surface area contributed by atoms with E-state index in [-0.39, 0.29) is 0 Å². The molecule has 13 heavy (non-hydrogen) atoms. The van der Waals surface area contributed by atoms with Crippen molar-refractivity contribution in [3.05, 3.63) is 17.8 Å². The van der Waals surface area contributed by atoms with Crippen LogP contribution in [0.3, 0.4) is 0 Å². The fourth-order valence-corrected chi connectivity index (χ4v) is 2.09. The van der Waals surface area contributed by atoms with Crippen molar-refractivity contribution in [3.8, 4) is 0 Å². The van der Waals surface area contributed by atoms with Gasteiger partial charge in [-0.1, -0.05) is 25.7 Å². The summed E-state index contributed by atoms with van der Waals surface area (Å²) in [4.78, 5) is 4.31. The maximum absolute atomic E-state index is 5.57. The van der Waals surface area contributed by atoms with E-state index in [0.717, 1.165) is 11.7 Å². The smallest absolute Gasteiger partial charge is 0.197 e. The fourth-order valence-electron chi connectivity index (χ4n) is 2.09. The summed E-state index contributed by atoms with van der Waals surface area (Å²) >= 11 is 0. The summed E-state index contributed by atoms with van der Waals surface area (Å²) in [5.74, 6) is 2.51. The van der Waals surface area contributed by atoms with Crippen LogP contribution in [-0.2, 0) is 0 Å². The molecule has 0 amide bonds. The second-order valence-corrected chi connectivity index (χ2v) is 4.00. The lowest BCUT2D eigenvalue weighted by molar-refractivity contribution is 0.405. The van der Waals surface area contributed by atoms with Gasteiger partial charge in [0.15, 0.2) is 5.89 Å². The number of rotatable bonds is 1. The third-order valence-corrected chi connectivity index (χ3v) is 2.84. The Bertz CT molecular complexity index is 259. The van der Waals surface area contributed by atoms with Crippen molar-refractivity contribution in [2.24, 2.45) is 0 Å². The molecule has 2 heteroatoms. The van der Waals surface area contributed by atoms with Crippen LogP contribution in [0.15, 0.2) is 10.6 Å². The zero-order chi connectivity index (χ0) is 9.10. The third-order valence-electron chi connectivity index (χ3n) is 2.84. The predicted octanol–water partition coefficient (Wildman–Crippen LogP) is 3.42. The van der Waals surface area contributed by atoms with Crippen LogP contribution < -0.4 is 0 Å². The van der Waals surface area contributed by atoms with Crippen molar-refractivity contribution in [1.29, 1.82) is 0 Å². The maximum atomic E-state index is 5.57. The molecule has 1 aromatic rings. The van der Waals surface area contributed by atoms with E-state index in [1.165, 1.54) is 38.5 Å². The van der Waals surface area contributed by atoms with Crippen molar-refractivity contribution in [2.75, 3.05) is 0 Å². The van der Waals surface area contributed by atoms with Crippen LogP contribution in [0.1, 0.15) is 56.1 Å². The number of oxazole rings is 1. The van der Waals surface area contributed by atoms with Gasteiger partial charge in [-0.25, -0.2) is 4.98 Å². The number of aryl methyl sites for hydroxylation is 1. The lowest BCUT2D eigenvalue weighted by Crippen LogP contribution is -1.96. The molecule has 0 unspecified atom stereocenters. The molecule has 0 N–H and O–H groups in total. The zero-order valence-corrected chi connectivity index (χ0v) is 8.25. The summed E-state index contributed by atoms with van der Waals surface area (Å²) < 4.78 is 5.57. The molecule has 1 fully saturated rings. The molecule has 2 nitrogen and oxygen atoms in total. The number of hydrogen-bond acceptors (Lipinski definition) is 2. The van der Waals surface area contributed by atoms with Gasteiger partial charge in [0, 0.05) is 5.92 Å². The first kappa shape index (κ1) is 8.79. The highest BCUT2D eigenvalue weighted by molar-refractivity contribution is 4.97. The van der Waals surface area contributed by atoms with E-state index in [0.29, 0.717) is 5.92 Å². The van der Waals surface area contributed by atoms with Crippen LogP contribution in [0.4, 0.5) is 0 Å². The van der Waals surface area contributed by atoms with Crippen molar-refractivity contribution in [2.45, 2.75) is 51.4 Å². The lowest BCUT2D eigenvalue weighted by Gasteiger charge is -2.08. The SMILES string of the molecule is Cc1cnc(C2CCCCCC2)o1. The van der Waals surface area contributed by atoms with E-state index in [1.54, 1.807) is 0 Å². The average molecular weight is 179 g/mol. The Morgan fingerprint density at radius 3 is 2.46 bits per heavy atom. The Kier molecular flexibility index (Phi) is 2.67. The molecule has 0 aliphatic heterocycles. The van der Waals surface area contributed by atoms with Gasteiger partial charge in [0.25, 0.3) is 0 Å². The monoisotopic (exact) mass is 179 g/mol. The molecule has 1 saturated carbocycles. The summed E-state index contributed by atoms with van der Waals surface area (Å²) in [6, 6.07) is 0. The van der Waals surface area contributed by atoms with Gasteiger partial charge in [-0.15, -0.1) is 0 Å². The molecule has 2 rings (SSSR count). The second-order valence-electron chi connectivity index (χ2n) is 4.00. The van der Waals surface area contributed by atoms with E-state index in [2.05, 4.69) is 4.98 Å². The quantitative estimate of drug-likeness (QED) is 0.617. The van der Waals surface area contributed by atoms with E-state index < -0.39 is 0 Å². The Morgan fingerprint density at radius 2 is 1.92 bits per heavy atom. The van der Waals surface area contributed by atoms with Gasteiger partial charge in [-0.3, -0.25) is 0 Å². The molecular formula is C11H17NO. The summed E-state index contributed by atoms with van der Waals surface area (Å²) in [5.41, 5.74) is 0. The van der Waals surface area contributed by atoms with Gasteiger partial charge < -0.3 is 4.42 Å². The van der Waals surface area contributed by atoms with Crippen molar-refractivity contribution >= 4 is 0 Å². The van der Waals surface area contributed by atoms with Gasteiger partial charge >= 0.3 is 0 Å². The molecule has 0 saturated heterocycles. The second kappa shape index (κ2) is 3.95. The Balaban J connectivity index is 2.06. The largest absolute Gasteiger partial charge is 0.446 e. The van der Waals surface area contributed by atoms with Crippen molar-refractivity contribution in [1.82, 2.24) is 4.98 Å². The van der Waals surface area contributed by atoms with Crippen molar-refractivity contribution in [3.63, 3.8) is 0 Å². The molecular weight excluding hydrogens is 162 g/mol. The average Bonchev–Trinajstić information content (AvgIpc) is 2.43. The van der Waals surface area contributed by atoms with Crippen LogP contribution in [0.5, 0.6) is 0 Å². The highest BCUT2D eigenvalue weighted by atomic mass is 16.4. The Labute approximate surface area is 79.4 Å². The van der Waals surface area contributed by atoms with Gasteiger partial charge in [-0.2, -0.15) is 0 Å². The summed E-state index contributed by atoms with van der Waals surface area (Å²) in [5, 5.41) is 0. The van der Waals surface area contributed by atoms with Gasteiger partial charge in [0.2, 0.25) is 0 Å². The molecule has 72 valence electrons. The fraction of sp³-hybridized carbons (Fsp3) is 0.727. The van der Waals surface area contributed by atoms with Crippen LogP contribution >= 0.6 is 0 Å². The van der Waals surface area contributed by atoms with Gasteiger partial charge in [0.1, 0.15) is 5.76 Å². The molecule has 0 spiro atoms. The zero-order valence-electron chi connectivity index (χ0n) is 8.25. The molecule has 1 aliphatic rings. The van der Waals surface area contributed by atoms with Crippen LogP contribution in [0, 0.1) is 6.92 Å². The molecule has 0 bridgehead atoms. The number of hydrogen-bond donors (Lipinski definition) is 0. The highest BCUT2D eigenvalue weighted by Gasteiger charge is 2.18. The first-order valence-electron chi connectivity index (χ1n) is 5.28. The first-order valence-corrected chi connectivity index (χ1v) is 5.28. The van der Waals surface area contributed by atoms with Crippen LogP contribution in [-0.4, -0.2) is 4.98 Å². The minimum Gasteiger partial charge on any atom is -0.446 e. The van der Waals surface area contributed by atoms with Crippen molar-refractivity contribution < 1.29 is 4.42 Å². The number of nitrogens with zero attached hydrogens (tertiary/aromatic N) is 1. The molecule has 1 aliphatic carbocycles. The number of aromatic nitrogens is 1. The molecule has 0 aromatic carbocycles. The molecule has 1 heterocycles. The van der Waals surface area contributed by atoms with E-state index in [9.17, 15) is 0 Å². The standard InChI is InChI=1S/C11H17NO/c1-9-8-12-11(13-9)10-6-4-2-3-5-7-10/h8,10H,2-7H2,1H3. The first-order chi connectivity index (χ1) is 6.36. The normalized spacial score (nSPS) is 20.1. The molecule has 0 atom stereocenters. The minimum atomic E-state index is 0.594. The van der Waals surface area contributed by atoms with Gasteiger partial charge in [-0.05, 0) is 19.8 Å². The lowest BCUT2D eigenvalue weighted by atomic mass is 10.0. The summed E-state index contributed by atoms with van der Waals surface area (Å²) in [6.07, 6.45) is 9.81. The third kappa shape index (κ3) is 2.11. The predicted molar refractivity (Wildman–Crippen MR) is 51.7 cm³/mol. The van der Waals surface area contributed by atoms with E-state index in [4.69, 9.17) is 4.42 Å².